The number of benzene rings is 1. The fourth-order valence-electron chi connectivity index (χ4n) is 1.62. The van der Waals surface area contributed by atoms with Gasteiger partial charge in [0, 0.05) is 11.8 Å². The highest BCUT2D eigenvalue weighted by atomic mass is 35.5. The number of rotatable bonds is 6. The predicted octanol–water partition coefficient (Wildman–Crippen LogP) is 3.53. The SMILES string of the molecule is CC(C)Oc1ccc(C(C)NC(=O)C(C)CCl)cc1. The van der Waals surface area contributed by atoms with Crippen molar-refractivity contribution < 1.29 is 9.53 Å². The summed E-state index contributed by atoms with van der Waals surface area (Å²) in [5.41, 5.74) is 1.05. The van der Waals surface area contributed by atoms with E-state index in [0.29, 0.717) is 5.88 Å². The molecular formula is C15H22ClNO2. The molecule has 19 heavy (non-hydrogen) atoms. The maximum absolute atomic E-state index is 11.7. The number of hydrogen-bond acceptors (Lipinski definition) is 2. The van der Waals surface area contributed by atoms with Gasteiger partial charge >= 0.3 is 0 Å². The van der Waals surface area contributed by atoms with Crippen LogP contribution in [0, 0.1) is 5.92 Å². The van der Waals surface area contributed by atoms with Gasteiger partial charge in [-0.3, -0.25) is 4.79 Å². The van der Waals surface area contributed by atoms with Crippen molar-refractivity contribution in [3.8, 4) is 5.75 Å². The van der Waals surface area contributed by atoms with Gasteiger partial charge in [0.1, 0.15) is 5.75 Å². The van der Waals surface area contributed by atoms with E-state index < -0.39 is 0 Å². The molecule has 0 fully saturated rings. The van der Waals surface area contributed by atoms with E-state index in [1.54, 1.807) is 0 Å². The molecule has 0 spiro atoms. The zero-order valence-electron chi connectivity index (χ0n) is 11.9. The van der Waals surface area contributed by atoms with Crippen LogP contribution in [0.2, 0.25) is 0 Å². The Morgan fingerprint density at radius 3 is 2.26 bits per heavy atom. The molecule has 2 atom stereocenters. The van der Waals surface area contributed by atoms with Crippen molar-refractivity contribution in [1.29, 1.82) is 0 Å². The number of amides is 1. The van der Waals surface area contributed by atoms with E-state index in [9.17, 15) is 4.79 Å². The molecule has 1 aromatic carbocycles. The molecule has 3 nitrogen and oxygen atoms in total. The summed E-state index contributed by atoms with van der Waals surface area (Å²) in [6.07, 6.45) is 0.160. The lowest BCUT2D eigenvalue weighted by Crippen LogP contribution is -2.32. The standard InChI is InChI=1S/C15H22ClNO2/c1-10(2)19-14-7-5-13(6-8-14)12(4)17-15(18)11(3)9-16/h5-8,10-12H,9H2,1-4H3,(H,17,18). The Morgan fingerprint density at radius 1 is 1.21 bits per heavy atom. The van der Waals surface area contributed by atoms with Gasteiger partial charge in [-0.25, -0.2) is 0 Å². The van der Waals surface area contributed by atoms with Gasteiger partial charge in [-0.15, -0.1) is 11.6 Å². The molecule has 1 rings (SSSR count). The first-order valence-corrected chi connectivity index (χ1v) is 7.10. The summed E-state index contributed by atoms with van der Waals surface area (Å²) in [4.78, 5) is 11.7. The van der Waals surface area contributed by atoms with Crippen LogP contribution >= 0.6 is 11.6 Å². The Kier molecular flexibility index (Phi) is 6.16. The van der Waals surface area contributed by atoms with Crippen LogP contribution in [0.3, 0.4) is 0 Å². The van der Waals surface area contributed by atoms with E-state index in [0.717, 1.165) is 11.3 Å². The second-order valence-corrected chi connectivity index (χ2v) is 5.33. The highest BCUT2D eigenvalue weighted by Gasteiger charge is 2.15. The highest BCUT2D eigenvalue weighted by Crippen LogP contribution is 2.19. The van der Waals surface area contributed by atoms with Crippen molar-refractivity contribution in [2.45, 2.75) is 39.8 Å². The Morgan fingerprint density at radius 2 is 1.79 bits per heavy atom. The summed E-state index contributed by atoms with van der Waals surface area (Å²) in [5.74, 6) is 0.976. The summed E-state index contributed by atoms with van der Waals surface area (Å²) in [6.45, 7) is 7.75. The molecular weight excluding hydrogens is 262 g/mol. The van der Waals surface area contributed by atoms with Gasteiger partial charge in [0.2, 0.25) is 5.91 Å². The Labute approximate surface area is 120 Å². The smallest absolute Gasteiger partial charge is 0.224 e. The van der Waals surface area contributed by atoms with E-state index in [4.69, 9.17) is 16.3 Å². The van der Waals surface area contributed by atoms with Crippen LogP contribution in [0.1, 0.15) is 39.3 Å². The topological polar surface area (TPSA) is 38.3 Å². The number of alkyl halides is 1. The summed E-state index contributed by atoms with van der Waals surface area (Å²) in [7, 11) is 0. The first-order valence-electron chi connectivity index (χ1n) is 6.57. The fraction of sp³-hybridized carbons (Fsp3) is 0.533. The molecule has 0 bridgehead atoms. The third kappa shape index (κ3) is 5.11. The largest absolute Gasteiger partial charge is 0.491 e. The minimum Gasteiger partial charge on any atom is -0.491 e. The number of hydrogen-bond donors (Lipinski definition) is 1. The monoisotopic (exact) mass is 283 g/mol. The van der Waals surface area contributed by atoms with Crippen molar-refractivity contribution in [2.24, 2.45) is 5.92 Å². The van der Waals surface area contributed by atoms with Crippen molar-refractivity contribution in [1.82, 2.24) is 5.32 Å². The van der Waals surface area contributed by atoms with Crippen LogP contribution in [0.5, 0.6) is 5.75 Å². The average Bonchev–Trinajstić information content (AvgIpc) is 2.37. The van der Waals surface area contributed by atoms with Gasteiger partial charge in [0.05, 0.1) is 12.1 Å². The Hall–Kier alpha value is -1.22. The van der Waals surface area contributed by atoms with Crippen molar-refractivity contribution in [3.05, 3.63) is 29.8 Å². The third-order valence-electron chi connectivity index (χ3n) is 2.79. The molecule has 1 N–H and O–H groups in total. The summed E-state index contributed by atoms with van der Waals surface area (Å²) in [5, 5.41) is 2.94. The van der Waals surface area contributed by atoms with Gasteiger partial charge in [0.15, 0.2) is 0 Å². The van der Waals surface area contributed by atoms with Crippen LogP contribution in [0.4, 0.5) is 0 Å². The second-order valence-electron chi connectivity index (χ2n) is 5.02. The lowest BCUT2D eigenvalue weighted by atomic mass is 10.1. The van der Waals surface area contributed by atoms with Crippen LogP contribution in [0.25, 0.3) is 0 Å². The van der Waals surface area contributed by atoms with Gasteiger partial charge < -0.3 is 10.1 Å². The van der Waals surface area contributed by atoms with E-state index >= 15 is 0 Å². The quantitative estimate of drug-likeness (QED) is 0.811. The highest BCUT2D eigenvalue weighted by molar-refractivity contribution is 6.19. The molecule has 0 aromatic heterocycles. The Balaban J connectivity index is 2.62. The molecule has 0 heterocycles. The van der Waals surface area contributed by atoms with Crippen LogP contribution < -0.4 is 10.1 Å². The maximum atomic E-state index is 11.7. The minimum atomic E-state index is -0.173. The normalized spacial score (nSPS) is 14.0. The summed E-state index contributed by atoms with van der Waals surface area (Å²) < 4.78 is 5.58. The van der Waals surface area contributed by atoms with Crippen molar-refractivity contribution >= 4 is 17.5 Å². The molecule has 0 saturated carbocycles. The molecule has 106 valence electrons. The zero-order chi connectivity index (χ0) is 14.4. The van der Waals surface area contributed by atoms with Gasteiger partial charge in [0.25, 0.3) is 0 Å². The van der Waals surface area contributed by atoms with E-state index in [-0.39, 0.29) is 24.0 Å². The van der Waals surface area contributed by atoms with Crippen LogP contribution in [-0.2, 0) is 4.79 Å². The number of halogens is 1. The van der Waals surface area contributed by atoms with Crippen LogP contribution in [-0.4, -0.2) is 17.9 Å². The average molecular weight is 284 g/mol. The lowest BCUT2D eigenvalue weighted by molar-refractivity contribution is -0.124. The minimum absolute atomic E-state index is 0.0231. The fourth-order valence-corrected chi connectivity index (χ4v) is 1.76. The predicted molar refractivity (Wildman–Crippen MR) is 78.6 cm³/mol. The summed E-state index contributed by atoms with van der Waals surface area (Å²) in [6, 6.07) is 7.74. The van der Waals surface area contributed by atoms with E-state index in [1.807, 2.05) is 52.0 Å². The first-order chi connectivity index (χ1) is 8.93. The third-order valence-corrected chi connectivity index (χ3v) is 3.25. The molecule has 1 amide bonds. The van der Waals surface area contributed by atoms with Crippen molar-refractivity contribution in [2.75, 3.05) is 5.88 Å². The molecule has 0 radical (unpaired) electrons. The first kappa shape index (κ1) is 15.8. The van der Waals surface area contributed by atoms with Gasteiger partial charge in [-0.2, -0.15) is 0 Å². The van der Waals surface area contributed by atoms with E-state index in [1.165, 1.54) is 0 Å². The molecule has 4 heteroatoms. The molecule has 2 unspecified atom stereocenters. The van der Waals surface area contributed by atoms with Gasteiger partial charge in [-0.05, 0) is 38.5 Å². The molecule has 1 aromatic rings. The molecule has 0 aliphatic heterocycles. The summed E-state index contributed by atoms with van der Waals surface area (Å²) >= 11 is 5.67. The number of carbonyl (C=O) groups is 1. The van der Waals surface area contributed by atoms with Crippen LogP contribution in [0.15, 0.2) is 24.3 Å². The number of ether oxygens (including phenoxy) is 1. The lowest BCUT2D eigenvalue weighted by Gasteiger charge is -2.17. The van der Waals surface area contributed by atoms with Gasteiger partial charge in [-0.1, -0.05) is 19.1 Å². The van der Waals surface area contributed by atoms with Crippen molar-refractivity contribution in [3.63, 3.8) is 0 Å². The maximum Gasteiger partial charge on any atom is 0.224 e. The molecule has 0 aliphatic rings. The number of carbonyl (C=O) groups excluding carboxylic acids is 1. The second kappa shape index (κ2) is 7.39. The van der Waals surface area contributed by atoms with E-state index in [2.05, 4.69) is 5.32 Å². The zero-order valence-corrected chi connectivity index (χ0v) is 12.7. The molecule has 0 aliphatic carbocycles. The Bertz CT molecular complexity index is 403. The molecule has 0 saturated heterocycles. The number of nitrogens with one attached hydrogen (secondary N) is 1.